The summed E-state index contributed by atoms with van der Waals surface area (Å²) in [6.45, 7) is 5.41. The van der Waals surface area contributed by atoms with Crippen LogP contribution >= 0.6 is 11.3 Å². The molecule has 0 bridgehead atoms. The van der Waals surface area contributed by atoms with Crippen molar-refractivity contribution >= 4 is 29.1 Å². The summed E-state index contributed by atoms with van der Waals surface area (Å²) in [5.41, 5.74) is 3.13. The summed E-state index contributed by atoms with van der Waals surface area (Å²) in [5, 5.41) is 0. The second-order valence-corrected chi connectivity index (χ2v) is 9.58. The lowest BCUT2D eigenvalue weighted by molar-refractivity contribution is -0.138. The number of benzene rings is 2. The van der Waals surface area contributed by atoms with Crippen molar-refractivity contribution in [2.75, 3.05) is 39.8 Å². The first-order valence-corrected chi connectivity index (χ1v) is 12.4. The molecular formula is C28H29N3O5S. The summed E-state index contributed by atoms with van der Waals surface area (Å²) in [7, 11) is 7.03. The van der Waals surface area contributed by atoms with Gasteiger partial charge in [0.2, 0.25) is 0 Å². The molecule has 3 aromatic rings. The van der Waals surface area contributed by atoms with Gasteiger partial charge in [-0.25, -0.2) is 9.79 Å². The number of hydrogen-bond acceptors (Lipinski definition) is 8. The van der Waals surface area contributed by atoms with Crippen LogP contribution in [0, 0.1) is 0 Å². The number of allylic oxidation sites excluding steroid dienone is 1. The molecule has 0 unspecified atom stereocenters. The van der Waals surface area contributed by atoms with Gasteiger partial charge in [0.25, 0.3) is 5.56 Å². The van der Waals surface area contributed by atoms with Gasteiger partial charge >= 0.3 is 5.97 Å². The van der Waals surface area contributed by atoms with Gasteiger partial charge in [0.15, 0.2) is 16.3 Å². The lowest BCUT2D eigenvalue weighted by Gasteiger charge is -2.25. The highest BCUT2D eigenvalue weighted by Gasteiger charge is 2.34. The van der Waals surface area contributed by atoms with E-state index in [2.05, 4.69) is 11.6 Å². The normalized spacial score (nSPS) is 15.1. The van der Waals surface area contributed by atoms with Crippen LogP contribution in [-0.2, 0) is 9.53 Å². The van der Waals surface area contributed by atoms with Gasteiger partial charge in [0.05, 0.1) is 36.1 Å². The second kappa shape index (κ2) is 10.9. The topological polar surface area (TPSA) is 82.4 Å². The molecular weight excluding hydrogens is 490 g/mol. The van der Waals surface area contributed by atoms with Crippen molar-refractivity contribution in [2.24, 2.45) is 4.99 Å². The highest BCUT2D eigenvalue weighted by atomic mass is 32.1. The first kappa shape index (κ1) is 26.0. The number of hydrogen-bond donors (Lipinski definition) is 0. The third-order valence-corrected chi connectivity index (χ3v) is 6.99. The van der Waals surface area contributed by atoms with Crippen LogP contribution < -0.4 is 29.3 Å². The predicted octanol–water partition coefficient (Wildman–Crippen LogP) is 3.05. The molecule has 192 valence electrons. The Hall–Kier alpha value is -4.11. The number of esters is 1. The fourth-order valence-corrected chi connectivity index (χ4v) is 5.20. The molecule has 2 heterocycles. The quantitative estimate of drug-likeness (QED) is 0.336. The van der Waals surface area contributed by atoms with Gasteiger partial charge in [-0.05, 0) is 48.4 Å². The Morgan fingerprint density at radius 2 is 1.84 bits per heavy atom. The fraction of sp³-hybridized carbons (Fsp3) is 0.250. The molecule has 0 saturated heterocycles. The average molecular weight is 520 g/mol. The van der Waals surface area contributed by atoms with E-state index in [0.717, 1.165) is 11.3 Å². The summed E-state index contributed by atoms with van der Waals surface area (Å²) in [5.74, 6) is 0.461. The van der Waals surface area contributed by atoms with Crippen LogP contribution in [-0.4, -0.2) is 45.5 Å². The first-order valence-electron chi connectivity index (χ1n) is 11.6. The molecule has 0 saturated carbocycles. The molecule has 4 rings (SSSR count). The van der Waals surface area contributed by atoms with Crippen molar-refractivity contribution in [3.8, 4) is 11.5 Å². The van der Waals surface area contributed by atoms with E-state index in [1.54, 1.807) is 30.7 Å². The van der Waals surface area contributed by atoms with Gasteiger partial charge in [-0.15, -0.1) is 0 Å². The lowest BCUT2D eigenvalue weighted by Crippen LogP contribution is -2.40. The van der Waals surface area contributed by atoms with Gasteiger partial charge < -0.3 is 19.1 Å². The van der Waals surface area contributed by atoms with E-state index in [1.807, 2.05) is 55.4 Å². The maximum absolute atomic E-state index is 13.8. The molecule has 8 nitrogen and oxygen atoms in total. The van der Waals surface area contributed by atoms with Crippen LogP contribution in [0.15, 0.2) is 76.2 Å². The smallest absolute Gasteiger partial charge is 0.338 e. The molecule has 0 fully saturated rings. The molecule has 9 heteroatoms. The van der Waals surface area contributed by atoms with Crippen LogP contribution in [0.5, 0.6) is 11.5 Å². The average Bonchev–Trinajstić information content (AvgIpc) is 3.20. The number of fused-ring (bicyclic) bond motifs is 1. The fourth-order valence-electron chi connectivity index (χ4n) is 4.15. The van der Waals surface area contributed by atoms with Gasteiger partial charge in [-0.1, -0.05) is 42.2 Å². The summed E-state index contributed by atoms with van der Waals surface area (Å²) < 4.78 is 18.3. The maximum Gasteiger partial charge on any atom is 0.338 e. The number of aromatic nitrogens is 1. The highest BCUT2D eigenvalue weighted by molar-refractivity contribution is 7.07. The third kappa shape index (κ3) is 5.08. The predicted molar refractivity (Wildman–Crippen MR) is 145 cm³/mol. The molecule has 0 aliphatic carbocycles. The molecule has 37 heavy (non-hydrogen) atoms. The summed E-state index contributed by atoms with van der Waals surface area (Å²) in [6, 6.07) is 12.5. The van der Waals surface area contributed by atoms with E-state index < -0.39 is 12.0 Å². The van der Waals surface area contributed by atoms with E-state index in [4.69, 9.17) is 14.2 Å². The Labute approximate surface area is 219 Å². The largest absolute Gasteiger partial charge is 0.493 e. The third-order valence-electron chi connectivity index (χ3n) is 6.00. The van der Waals surface area contributed by atoms with Crippen molar-refractivity contribution in [3.05, 3.63) is 97.2 Å². The Morgan fingerprint density at radius 1 is 1.14 bits per heavy atom. The maximum atomic E-state index is 13.8. The molecule has 1 aromatic heterocycles. The Morgan fingerprint density at radius 3 is 2.46 bits per heavy atom. The highest BCUT2D eigenvalue weighted by Crippen LogP contribution is 2.36. The Balaban J connectivity index is 1.91. The summed E-state index contributed by atoms with van der Waals surface area (Å²) >= 11 is 1.28. The van der Waals surface area contributed by atoms with E-state index in [0.29, 0.717) is 32.1 Å². The van der Waals surface area contributed by atoms with Gasteiger partial charge in [-0.2, -0.15) is 0 Å². The van der Waals surface area contributed by atoms with Crippen LogP contribution in [0.1, 0.15) is 24.1 Å². The zero-order chi connectivity index (χ0) is 26.7. The summed E-state index contributed by atoms with van der Waals surface area (Å²) in [6.07, 6.45) is 3.33. The number of methoxy groups -OCH3 is 2. The van der Waals surface area contributed by atoms with Crippen LogP contribution in [0.4, 0.5) is 5.69 Å². The number of nitrogens with zero attached hydrogens (tertiary/aromatic N) is 3. The SMILES string of the molecule is C=CCOC(=O)C1=C(C)N=c2s/c(=C/c3ccc(N(C)C)cc3)c(=O)n2[C@@H]1c1ccc(OC)c(OC)c1. The van der Waals surface area contributed by atoms with Crippen molar-refractivity contribution < 1.29 is 19.0 Å². The summed E-state index contributed by atoms with van der Waals surface area (Å²) in [4.78, 5) is 34.1. The molecule has 1 atom stereocenters. The molecule has 2 aromatic carbocycles. The second-order valence-electron chi connectivity index (χ2n) is 8.57. The minimum Gasteiger partial charge on any atom is -0.493 e. The Kier molecular flexibility index (Phi) is 7.63. The number of thiazole rings is 1. The van der Waals surface area contributed by atoms with Crippen molar-refractivity contribution in [1.82, 2.24) is 4.57 Å². The Bertz CT molecular complexity index is 1550. The van der Waals surface area contributed by atoms with E-state index >= 15 is 0 Å². The first-order chi connectivity index (χ1) is 17.8. The molecule has 0 N–H and O–H groups in total. The minimum atomic E-state index is -0.758. The van der Waals surface area contributed by atoms with Crippen molar-refractivity contribution in [1.29, 1.82) is 0 Å². The zero-order valence-corrected chi connectivity index (χ0v) is 22.3. The van der Waals surface area contributed by atoms with E-state index in [9.17, 15) is 9.59 Å². The monoisotopic (exact) mass is 519 g/mol. The number of anilines is 1. The molecule has 1 aliphatic rings. The number of carbonyl (C=O) groups excluding carboxylic acids is 1. The molecule has 0 amide bonds. The van der Waals surface area contributed by atoms with E-state index in [1.165, 1.54) is 24.5 Å². The number of ether oxygens (including phenoxy) is 3. The standard InChI is InChI=1S/C28H29N3O5S/c1-7-14-36-27(33)24-17(2)29-28-31(25(24)19-10-13-21(34-5)22(16-19)35-6)26(32)23(37-28)15-18-8-11-20(12-9-18)30(3)4/h7-13,15-16,25H,1,14H2,2-6H3/b23-15+/t25-/m1/s1. The van der Waals surface area contributed by atoms with Crippen molar-refractivity contribution in [3.63, 3.8) is 0 Å². The van der Waals surface area contributed by atoms with Crippen LogP contribution in [0.2, 0.25) is 0 Å². The molecule has 0 spiro atoms. The molecule has 0 radical (unpaired) electrons. The van der Waals surface area contributed by atoms with Gasteiger partial charge in [0, 0.05) is 19.8 Å². The number of carbonyl (C=O) groups is 1. The van der Waals surface area contributed by atoms with Crippen LogP contribution in [0.25, 0.3) is 6.08 Å². The molecule has 1 aliphatic heterocycles. The van der Waals surface area contributed by atoms with Gasteiger partial charge in [-0.3, -0.25) is 9.36 Å². The zero-order valence-electron chi connectivity index (χ0n) is 21.5. The van der Waals surface area contributed by atoms with Crippen molar-refractivity contribution in [2.45, 2.75) is 13.0 Å². The number of rotatable bonds is 8. The minimum absolute atomic E-state index is 0.0433. The van der Waals surface area contributed by atoms with Crippen LogP contribution in [0.3, 0.4) is 0 Å². The lowest BCUT2D eigenvalue weighted by atomic mass is 9.95. The van der Waals surface area contributed by atoms with Gasteiger partial charge in [0.1, 0.15) is 6.61 Å². The van der Waals surface area contributed by atoms with E-state index in [-0.39, 0.29) is 17.7 Å².